The molecule has 0 saturated carbocycles. The number of anilines is 3. The lowest BCUT2D eigenvalue weighted by molar-refractivity contribution is 0.669. The summed E-state index contributed by atoms with van der Waals surface area (Å²) in [6.45, 7) is 0. The maximum absolute atomic E-state index is 6.54. The minimum atomic E-state index is 0.871. The van der Waals surface area contributed by atoms with Crippen LogP contribution in [0.25, 0.3) is 92.9 Å². The molecule has 57 heavy (non-hydrogen) atoms. The molecule has 0 atom stereocenters. The van der Waals surface area contributed by atoms with Gasteiger partial charge >= 0.3 is 0 Å². The van der Waals surface area contributed by atoms with Crippen LogP contribution in [-0.2, 0) is 0 Å². The van der Waals surface area contributed by atoms with Crippen molar-refractivity contribution in [3.05, 3.63) is 206 Å². The lowest BCUT2D eigenvalue weighted by atomic mass is 9.96. The zero-order valence-electron chi connectivity index (χ0n) is 30.9. The van der Waals surface area contributed by atoms with Gasteiger partial charge in [0.25, 0.3) is 0 Å². The lowest BCUT2D eigenvalue weighted by Crippen LogP contribution is -2.10. The summed E-state index contributed by atoms with van der Waals surface area (Å²) in [5.74, 6) is 0. The molecule has 3 nitrogen and oxygen atoms in total. The van der Waals surface area contributed by atoms with Crippen molar-refractivity contribution in [2.45, 2.75) is 0 Å². The van der Waals surface area contributed by atoms with E-state index < -0.39 is 0 Å². The highest BCUT2D eigenvalue weighted by Gasteiger charge is 2.21. The van der Waals surface area contributed by atoms with Crippen molar-refractivity contribution < 1.29 is 4.42 Å². The number of hydrogen-bond donors (Lipinski definition) is 0. The molecular formula is C54H34N2O. The smallest absolute Gasteiger partial charge is 0.136 e. The Hall–Kier alpha value is -7.62. The van der Waals surface area contributed by atoms with Crippen molar-refractivity contribution in [1.29, 1.82) is 0 Å². The Morgan fingerprint density at radius 1 is 0.333 bits per heavy atom. The summed E-state index contributed by atoms with van der Waals surface area (Å²) in [6.07, 6.45) is 0. The van der Waals surface area contributed by atoms with E-state index in [1.165, 1.54) is 59.7 Å². The highest BCUT2D eigenvalue weighted by molar-refractivity contribution is 6.20. The summed E-state index contributed by atoms with van der Waals surface area (Å²) in [4.78, 5) is 2.43. The molecule has 0 amide bonds. The normalized spacial score (nSPS) is 11.9. The van der Waals surface area contributed by atoms with Crippen molar-refractivity contribution in [2.75, 3.05) is 4.90 Å². The molecule has 0 aliphatic heterocycles. The molecule has 0 aliphatic carbocycles. The summed E-state index contributed by atoms with van der Waals surface area (Å²) in [6, 6.07) is 74.6. The van der Waals surface area contributed by atoms with Gasteiger partial charge in [0.2, 0.25) is 0 Å². The Labute approximate surface area is 328 Å². The van der Waals surface area contributed by atoms with Crippen LogP contribution in [-0.4, -0.2) is 4.57 Å². The number of hydrogen-bond acceptors (Lipinski definition) is 2. The van der Waals surface area contributed by atoms with E-state index in [1.54, 1.807) is 0 Å². The molecule has 0 unspecified atom stereocenters. The van der Waals surface area contributed by atoms with E-state index in [1.807, 2.05) is 0 Å². The summed E-state index contributed by atoms with van der Waals surface area (Å²) in [5.41, 5.74) is 10.8. The van der Waals surface area contributed by atoms with Gasteiger partial charge in [-0.25, -0.2) is 0 Å². The molecule has 0 saturated heterocycles. The third-order valence-corrected chi connectivity index (χ3v) is 11.8. The first kappa shape index (κ1) is 31.7. The molecule has 0 radical (unpaired) electrons. The van der Waals surface area contributed by atoms with Crippen LogP contribution in [0.1, 0.15) is 0 Å². The molecule has 0 N–H and O–H groups in total. The van der Waals surface area contributed by atoms with Gasteiger partial charge in [0.15, 0.2) is 0 Å². The van der Waals surface area contributed by atoms with Crippen molar-refractivity contribution in [1.82, 2.24) is 4.57 Å². The first-order valence-corrected chi connectivity index (χ1v) is 19.5. The molecule has 2 aromatic heterocycles. The zero-order chi connectivity index (χ0) is 37.5. The Morgan fingerprint density at radius 3 is 1.84 bits per heavy atom. The van der Waals surface area contributed by atoms with Crippen molar-refractivity contribution >= 4 is 93.1 Å². The number of para-hydroxylation sites is 2. The molecule has 3 heteroatoms. The van der Waals surface area contributed by atoms with Gasteiger partial charge in [0, 0.05) is 44.0 Å². The topological polar surface area (TPSA) is 21.3 Å². The average Bonchev–Trinajstić information content (AvgIpc) is 3.81. The van der Waals surface area contributed by atoms with E-state index in [0.717, 1.165) is 50.3 Å². The lowest BCUT2D eigenvalue weighted by Gasteiger charge is -2.27. The van der Waals surface area contributed by atoms with E-state index in [9.17, 15) is 0 Å². The minimum absolute atomic E-state index is 0.871. The zero-order valence-corrected chi connectivity index (χ0v) is 30.9. The number of nitrogens with zero attached hydrogens (tertiary/aromatic N) is 2. The van der Waals surface area contributed by atoms with Gasteiger partial charge < -0.3 is 13.9 Å². The number of rotatable bonds is 5. The fourth-order valence-corrected chi connectivity index (χ4v) is 9.13. The monoisotopic (exact) mass is 726 g/mol. The molecule has 0 aliphatic rings. The number of furan rings is 1. The first-order chi connectivity index (χ1) is 28.3. The second-order valence-electron chi connectivity index (χ2n) is 14.9. The van der Waals surface area contributed by atoms with E-state index in [0.29, 0.717) is 0 Å². The molecule has 10 aromatic carbocycles. The van der Waals surface area contributed by atoms with Crippen molar-refractivity contribution in [2.24, 2.45) is 0 Å². The Bertz CT molecular complexity index is 3520. The van der Waals surface area contributed by atoms with Gasteiger partial charge in [-0.3, -0.25) is 0 Å². The predicted octanol–water partition coefficient (Wildman–Crippen LogP) is 15.3. The fourth-order valence-electron chi connectivity index (χ4n) is 9.13. The maximum Gasteiger partial charge on any atom is 0.136 e. The molecule has 266 valence electrons. The average molecular weight is 727 g/mol. The van der Waals surface area contributed by atoms with Gasteiger partial charge in [0.05, 0.1) is 16.7 Å². The molecule has 0 spiro atoms. The second-order valence-corrected chi connectivity index (χ2v) is 14.9. The van der Waals surface area contributed by atoms with Crippen molar-refractivity contribution in [3.8, 4) is 16.8 Å². The van der Waals surface area contributed by atoms with Gasteiger partial charge in [-0.05, 0) is 111 Å². The maximum atomic E-state index is 6.54. The van der Waals surface area contributed by atoms with Crippen LogP contribution in [0.5, 0.6) is 0 Å². The van der Waals surface area contributed by atoms with Gasteiger partial charge in [-0.2, -0.15) is 0 Å². The van der Waals surface area contributed by atoms with Gasteiger partial charge in [0.1, 0.15) is 11.2 Å². The van der Waals surface area contributed by atoms with E-state index in [2.05, 4.69) is 216 Å². The fraction of sp³-hybridized carbons (Fsp3) is 0. The van der Waals surface area contributed by atoms with Crippen LogP contribution in [0, 0.1) is 0 Å². The van der Waals surface area contributed by atoms with E-state index >= 15 is 0 Å². The van der Waals surface area contributed by atoms with Crippen LogP contribution in [0.4, 0.5) is 17.1 Å². The quantitative estimate of drug-likeness (QED) is 0.165. The van der Waals surface area contributed by atoms with Crippen LogP contribution >= 0.6 is 0 Å². The first-order valence-electron chi connectivity index (χ1n) is 19.5. The Kier molecular flexibility index (Phi) is 6.93. The van der Waals surface area contributed by atoms with E-state index in [4.69, 9.17) is 4.42 Å². The van der Waals surface area contributed by atoms with Crippen LogP contribution < -0.4 is 4.90 Å². The molecule has 12 aromatic rings. The number of fused-ring (bicyclic) bond motifs is 11. The Morgan fingerprint density at radius 2 is 0.965 bits per heavy atom. The molecule has 0 fully saturated rings. The van der Waals surface area contributed by atoms with Crippen molar-refractivity contribution in [3.63, 3.8) is 0 Å². The Balaban J connectivity index is 1.11. The standard InChI is InChI=1S/C54H34N2O/c1-3-12-35(13-4-1)37-23-27-47-49-34-40(25-31-53(49)57-54(47)32-37)55(50-21-11-19-42-44-26-22-36-14-7-8-17-41(36)43(44)28-29-46(42)50)39-24-30-52-48(33-39)45-18-9-10-20-51(45)56(52)38-15-5-2-6-16-38/h1-34H. The largest absolute Gasteiger partial charge is 0.456 e. The van der Waals surface area contributed by atoms with Crippen LogP contribution in [0.2, 0.25) is 0 Å². The molecule has 12 rings (SSSR count). The molecular weight excluding hydrogens is 693 g/mol. The third-order valence-electron chi connectivity index (χ3n) is 11.8. The second kappa shape index (κ2) is 12.5. The van der Waals surface area contributed by atoms with Crippen LogP contribution in [0.3, 0.4) is 0 Å². The summed E-state index contributed by atoms with van der Waals surface area (Å²) in [5, 5.41) is 12.1. The van der Waals surface area contributed by atoms with E-state index in [-0.39, 0.29) is 0 Å². The van der Waals surface area contributed by atoms with Gasteiger partial charge in [-0.15, -0.1) is 0 Å². The third kappa shape index (κ3) is 4.92. The number of aromatic nitrogens is 1. The number of benzene rings is 10. The summed E-state index contributed by atoms with van der Waals surface area (Å²) < 4.78 is 8.92. The minimum Gasteiger partial charge on any atom is -0.456 e. The highest BCUT2D eigenvalue weighted by Crippen LogP contribution is 2.45. The highest BCUT2D eigenvalue weighted by atomic mass is 16.3. The van der Waals surface area contributed by atoms with Gasteiger partial charge in [-0.1, -0.05) is 133 Å². The molecule has 2 heterocycles. The van der Waals surface area contributed by atoms with Crippen LogP contribution in [0.15, 0.2) is 211 Å². The summed E-state index contributed by atoms with van der Waals surface area (Å²) >= 11 is 0. The predicted molar refractivity (Wildman–Crippen MR) is 241 cm³/mol. The summed E-state index contributed by atoms with van der Waals surface area (Å²) in [7, 11) is 0. The SMILES string of the molecule is c1ccc(-c2ccc3c(c2)oc2ccc(N(c4ccc5c(c4)c4ccccc4n5-c4ccccc4)c4cccc5c4ccc4c6ccccc6ccc54)cc23)cc1. The molecule has 0 bridgehead atoms.